The zero-order valence-electron chi connectivity index (χ0n) is 12.2. The molecule has 6 nitrogen and oxygen atoms in total. The number of piperazine rings is 1. The first-order valence-corrected chi connectivity index (χ1v) is 7.42. The molecule has 1 saturated heterocycles. The van der Waals surface area contributed by atoms with Gasteiger partial charge in [-0.05, 0) is 26.8 Å². The molecular formula is C13H18Cl2N4O2. The van der Waals surface area contributed by atoms with Gasteiger partial charge >= 0.3 is 6.09 Å². The molecular weight excluding hydrogens is 315 g/mol. The summed E-state index contributed by atoms with van der Waals surface area (Å²) in [5.41, 5.74) is 0.210. The third-order valence-corrected chi connectivity index (χ3v) is 3.43. The molecule has 2 heterocycles. The second-order valence-corrected chi connectivity index (χ2v) is 6.59. The van der Waals surface area contributed by atoms with Crippen molar-refractivity contribution in [2.75, 3.05) is 19.6 Å². The molecule has 1 atom stereocenters. The first-order valence-electron chi connectivity index (χ1n) is 6.66. The molecule has 21 heavy (non-hydrogen) atoms. The maximum absolute atomic E-state index is 12.1. The van der Waals surface area contributed by atoms with Gasteiger partial charge in [-0.1, -0.05) is 23.2 Å². The van der Waals surface area contributed by atoms with Crippen LogP contribution < -0.4 is 5.32 Å². The molecule has 0 radical (unpaired) electrons. The first-order chi connectivity index (χ1) is 9.76. The van der Waals surface area contributed by atoms with Crippen LogP contribution in [0.2, 0.25) is 10.3 Å². The molecule has 1 aliphatic heterocycles. The van der Waals surface area contributed by atoms with E-state index in [2.05, 4.69) is 15.5 Å². The van der Waals surface area contributed by atoms with E-state index in [-0.39, 0.29) is 22.4 Å². The standard InChI is InChI=1S/C13H18Cl2N4O2/c1-13(2,3)21-12(20)19-5-4-16-9(7-19)8-6-10(14)17-18-11(8)15/h6,9,16H,4-5,7H2,1-3H3. The number of carbonyl (C=O) groups is 1. The lowest BCUT2D eigenvalue weighted by molar-refractivity contribution is 0.0195. The van der Waals surface area contributed by atoms with Crippen molar-refractivity contribution < 1.29 is 9.53 Å². The summed E-state index contributed by atoms with van der Waals surface area (Å²) in [5.74, 6) is 0. The second kappa shape index (κ2) is 6.34. The summed E-state index contributed by atoms with van der Waals surface area (Å²) >= 11 is 11.9. The lowest BCUT2D eigenvalue weighted by atomic mass is 10.1. The highest BCUT2D eigenvalue weighted by Crippen LogP contribution is 2.25. The highest BCUT2D eigenvalue weighted by molar-refractivity contribution is 6.31. The molecule has 0 saturated carbocycles. The van der Waals surface area contributed by atoms with Gasteiger partial charge in [0.05, 0.1) is 6.04 Å². The number of ether oxygens (including phenoxy) is 1. The molecule has 1 N–H and O–H groups in total. The molecule has 0 spiro atoms. The Hall–Kier alpha value is -1.11. The second-order valence-electron chi connectivity index (χ2n) is 5.85. The summed E-state index contributed by atoms with van der Waals surface area (Å²) < 4.78 is 5.39. The number of nitrogens with zero attached hydrogens (tertiary/aromatic N) is 3. The van der Waals surface area contributed by atoms with Crippen LogP contribution in [0.15, 0.2) is 6.07 Å². The normalized spacial score (nSPS) is 19.5. The average Bonchev–Trinajstić information content (AvgIpc) is 2.40. The molecule has 1 aromatic heterocycles. The molecule has 0 aliphatic carbocycles. The van der Waals surface area contributed by atoms with Crippen molar-refractivity contribution in [1.82, 2.24) is 20.4 Å². The Morgan fingerprint density at radius 3 is 2.81 bits per heavy atom. The van der Waals surface area contributed by atoms with Crippen molar-refractivity contribution in [3.05, 3.63) is 21.9 Å². The lowest BCUT2D eigenvalue weighted by Crippen LogP contribution is -2.49. The number of nitrogens with one attached hydrogen (secondary N) is 1. The smallest absolute Gasteiger partial charge is 0.410 e. The fraction of sp³-hybridized carbons (Fsp3) is 0.615. The maximum atomic E-state index is 12.1. The third-order valence-electron chi connectivity index (χ3n) is 2.95. The largest absolute Gasteiger partial charge is 0.444 e. The van der Waals surface area contributed by atoms with E-state index in [0.717, 1.165) is 5.56 Å². The van der Waals surface area contributed by atoms with Gasteiger partial charge in [0.25, 0.3) is 0 Å². The maximum Gasteiger partial charge on any atom is 0.410 e. The molecule has 116 valence electrons. The summed E-state index contributed by atoms with van der Waals surface area (Å²) in [6, 6.07) is 1.51. The predicted molar refractivity (Wildman–Crippen MR) is 80.6 cm³/mol. The van der Waals surface area contributed by atoms with Gasteiger partial charge in [0, 0.05) is 25.2 Å². The summed E-state index contributed by atoms with van der Waals surface area (Å²) in [5, 5.41) is 11.3. The van der Waals surface area contributed by atoms with Crippen LogP contribution in [0.3, 0.4) is 0 Å². The van der Waals surface area contributed by atoms with Gasteiger partial charge in [-0.2, -0.15) is 0 Å². The minimum Gasteiger partial charge on any atom is -0.444 e. The zero-order chi connectivity index (χ0) is 15.6. The number of hydrogen-bond acceptors (Lipinski definition) is 5. The Balaban J connectivity index is 2.10. The highest BCUT2D eigenvalue weighted by Gasteiger charge is 2.29. The van der Waals surface area contributed by atoms with Crippen molar-refractivity contribution in [2.45, 2.75) is 32.4 Å². The minimum absolute atomic E-state index is 0.147. The molecule has 0 bridgehead atoms. The number of halogens is 2. The SMILES string of the molecule is CC(C)(C)OC(=O)N1CCNC(c2cc(Cl)nnc2Cl)C1. The zero-order valence-corrected chi connectivity index (χ0v) is 13.7. The van der Waals surface area contributed by atoms with E-state index in [4.69, 9.17) is 27.9 Å². The van der Waals surface area contributed by atoms with Gasteiger partial charge in [-0.15, -0.1) is 10.2 Å². The van der Waals surface area contributed by atoms with E-state index in [1.807, 2.05) is 20.8 Å². The summed E-state index contributed by atoms with van der Waals surface area (Å²) in [6.45, 7) is 7.18. The molecule has 0 aromatic carbocycles. The van der Waals surface area contributed by atoms with Crippen LogP contribution in [0.4, 0.5) is 4.79 Å². The van der Waals surface area contributed by atoms with Gasteiger partial charge in [-0.3, -0.25) is 0 Å². The Bertz CT molecular complexity index is 533. The average molecular weight is 333 g/mol. The summed E-state index contributed by atoms with van der Waals surface area (Å²) in [6.07, 6.45) is -0.335. The van der Waals surface area contributed by atoms with Crippen molar-refractivity contribution in [2.24, 2.45) is 0 Å². The third kappa shape index (κ3) is 4.43. The van der Waals surface area contributed by atoms with Gasteiger partial charge in [0.2, 0.25) is 0 Å². The van der Waals surface area contributed by atoms with E-state index >= 15 is 0 Å². The van der Waals surface area contributed by atoms with Crippen LogP contribution in [0.1, 0.15) is 32.4 Å². The van der Waals surface area contributed by atoms with E-state index < -0.39 is 5.60 Å². The highest BCUT2D eigenvalue weighted by atomic mass is 35.5. The Morgan fingerprint density at radius 2 is 2.14 bits per heavy atom. The molecule has 1 fully saturated rings. The van der Waals surface area contributed by atoms with Crippen LogP contribution in [0, 0.1) is 0 Å². The quantitative estimate of drug-likeness (QED) is 0.856. The van der Waals surface area contributed by atoms with E-state index in [1.54, 1.807) is 11.0 Å². The van der Waals surface area contributed by atoms with Gasteiger partial charge in [0.1, 0.15) is 5.60 Å². The van der Waals surface area contributed by atoms with E-state index in [1.165, 1.54) is 0 Å². The van der Waals surface area contributed by atoms with Gasteiger partial charge < -0.3 is 15.0 Å². The number of carbonyl (C=O) groups excluding carboxylic acids is 1. The monoisotopic (exact) mass is 332 g/mol. The Morgan fingerprint density at radius 1 is 1.43 bits per heavy atom. The molecule has 8 heteroatoms. The lowest BCUT2D eigenvalue weighted by Gasteiger charge is -2.35. The fourth-order valence-corrected chi connectivity index (χ4v) is 2.44. The summed E-state index contributed by atoms with van der Waals surface area (Å²) in [7, 11) is 0. The van der Waals surface area contributed by atoms with Crippen LogP contribution in [0.25, 0.3) is 0 Å². The van der Waals surface area contributed by atoms with Gasteiger partial charge in [-0.25, -0.2) is 4.79 Å². The number of amides is 1. The van der Waals surface area contributed by atoms with Gasteiger partial charge in [0.15, 0.2) is 10.3 Å². The topological polar surface area (TPSA) is 67.3 Å². The number of rotatable bonds is 1. The van der Waals surface area contributed by atoms with Crippen LogP contribution in [-0.4, -0.2) is 46.4 Å². The summed E-state index contributed by atoms with van der Waals surface area (Å²) in [4.78, 5) is 13.8. The fourth-order valence-electron chi connectivity index (χ4n) is 2.06. The van der Waals surface area contributed by atoms with Crippen LogP contribution in [-0.2, 0) is 4.74 Å². The Labute approximate surface area is 133 Å². The molecule has 1 aromatic rings. The van der Waals surface area contributed by atoms with Crippen molar-refractivity contribution in [1.29, 1.82) is 0 Å². The molecule has 1 amide bonds. The van der Waals surface area contributed by atoms with Crippen LogP contribution in [0.5, 0.6) is 0 Å². The molecule has 1 unspecified atom stereocenters. The molecule has 2 rings (SSSR count). The minimum atomic E-state index is -0.517. The molecule has 1 aliphatic rings. The van der Waals surface area contributed by atoms with Crippen molar-refractivity contribution in [3.63, 3.8) is 0 Å². The predicted octanol–water partition coefficient (Wildman–Crippen LogP) is 2.66. The first kappa shape index (κ1) is 16.3. The number of aromatic nitrogens is 2. The van der Waals surface area contributed by atoms with E-state index in [0.29, 0.717) is 19.6 Å². The van der Waals surface area contributed by atoms with E-state index in [9.17, 15) is 4.79 Å². The van der Waals surface area contributed by atoms with Crippen molar-refractivity contribution in [3.8, 4) is 0 Å². The Kier molecular flexibility index (Phi) is 4.91. The number of hydrogen-bond donors (Lipinski definition) is 1. The van der Waals surface area contributed by atoms with Crippen molar-refractivity contribution >= 4 is 29.3 Å². The van der Waals surface area contributed by atoms with Crippen LogP contribution >= 0.6 is 23.2 Å².